The van der Waals surface area contributed by atoms with E-state index in [0.717, 1.165) is 24.3 Å². The van der Waals surface area contributed by atoms with Crippen LogP contribution in [0.25, 0.3) is 5.69 Å². The summed E-state index contributed by atoms with van der Waals surface area (Å²) in [7, 11) is 0. The maximum Gasteiger partial charge on any atom is 0.285 e. The first kappa shape index (κ1) is 15.0. The average molecular weight is 342 g/mol. The molecule has 24 heavy (non-hydrogen) atoms. The fourth-order valence-electron chi connectivity index (χ4n) is 3.15. The van der Waals surface area contributed by atoms with E-state index in [1.165, 1.54) is 11.3 Å². The van der Waals surface area contributed by atoms with E-state index in [0.29, 0.717) is 12.2 Å². The summed E-state index contributed by atoms with van der Waals surface area (Å²) in [6.07, 6.45) is 4.29. The molecular formula is C17H16ClN5O. The van der Waals surface area contributed by atoms with Crippen molar-refractivity contribution in [3.05, 3.63) is 69.1 Å². The number of halogens is 1. The number of imidazole rings is 1. The highest BCUT2D eigenvalue weighted by molar-refractivity contribution is 6.32. The number of benzene rings is 1. The number of aromatic nitrogens is 4. The van der Waals surface area contributed by atoms with Crippen LogP contribution in [0, 0.1) is 6.92 Å². The molecule has 0 fully saturated rings. The Morgan fingerprint density at radius 1 is 1.25 bits per heavy atom. The van der Waals surface area contributed by atoms with Crippen LogP contribution >= 0.6 is 11.6 Å². The van der Waals surface area contributed by atoms with Gasteiger partial charge in [0.15, 0.2) is 0 Å². The van der Waals surface area contributed by atoms with Gasteiger partial charge in [-0.15, -0.1) is 0 Å². The van der Waals surface area contributed by atoms with Gasteiger partial charge < -0.3 is 9.47 Å². The van der Waals surface area contributed by atoms with Gasteiger partial charge in [-0.3, -0.25) is 4.79 Å². The molecule has 0 saturated heterocycles. The molecule has 0 spiro atoms. The van der Waals surface area contributed by atoms with Crippen LogP contribution in [0.15, 0.2) is 41.6 Å². The molecule has 3 heterocycles. The smallest absolute Gasteiger partial charge is 0.285 e. The molecule has 0 aliphatic carbocycles. The molecule has 3 aromatic rings. The zero-order chi connectivity index (χ0) is 16.7. The Hall–Kier alpha value is -2.60. The second-order valence-corrected chi connectivity index (χ2v) is 6.24. The monoisotopic (exact) mass is 341 g/mol. The van der Waals surface area contributed by atoms with Gasteiger partial charge in [0.2, 0.25) is 0 Å². The lowest BCUT2D eigenvalue weighted by Gasteiger charge is -2.29. The normalized spacial score (nSPS) is 13.8. The van der Waals surface area contributed by atoms with Gasteiger partial charge in [0, 0.05) is 24.3 Å². The summed E-state index contributed by atoms with van der Waals surface area (Å²) in [6.45, 7) is 3.47. The van der Waals surface area contributed by atoms with E-state index in [-0.39, 0.29) is 10.6 Å². The van der Waals surface area contributed by atoms with Crippen LogP contribution < -0.4 is 10.5 Å². The summed E-state index contributed by atoms with van der Waals surface area (Å²) in [5.74, 6) is 0. The maximum absolute atomic E-state index is 11.7. The molecule has 0 bridgehead atoms. The van der Waals surface area contributed by atoms with E-state index in [9.17, 15) is 4.79 Å². The molecule has 0 unspecified atom stereocenters. The molecule has 0 atom stereocenters. The number of hydrogen-bond acceptors (Lipinski definition) is 4. The molecule has 1 aliphatic heterocycles. The van der Waals surface area contributed by atoms with Crippen molar-refractivity contribution in [2.24, 2.45) is 0 Å². The number of H-pyrrole nitrogens is 1. The number of para-hydroxylation sites is 1. The number of rotatable bonds is 2. The van der Waals surface area contributed by atoms with Crippen molar-refractivity contribution in [3.63, 3.8) is 0 Å². The topological polar surface area (TPSA) is 66.8 Å². The summed E-state index contributed by atoms with van der Waals surface area (Å²) in [6, 6.07) is 8.26. The first-order valence-corrected chi connectivity index (χ1v) is 8.12. The Morgan fingerprint density at radius 3 is 2.92 bits per heavy atom. The van der Waals surface area contributed by atoms with Crippen molar-refractivity contribution in [1.29, 1.82) is 0 Å². The van der Waals surface area contributed by atoms with E-state index in [4.69, 9.17) is 11.6 Å². The maximum atomic E-state index is 11.7. The predicted octanol–water partition coefficient (Wildman–Crippen LogP) is 2.48. The third kappa shape index (κ3) is 2.39. The van der Waals surface area contributed by atoms with Crippen LogP contribution in [0.4, 0.5) is 5.69 Å². The molecule has 1 aromatic carbocycles. The quantitative estimate of drug-likeness (QED) is 0.777. The van der Waals surface area contributed by atoms with Crippen molar-refractivity contribution in [1.82, 2.24) is 19.7 Å². The van der Waals surface area contributed by atoms with Crippen molar-refractivity contribution >= 4 is 17.3 Å². The van der Waals surface area contributed by atoms with Crippen molar-refractivity contribution in [2.75, 3.05) is 11.4 Å². The van der Waals surface area contributed by atoms with Crippen LogP contribution in [0.3, 0.4) is 0 Å². The molecule has 7 heteroatoms. The molecule has 4 rings (SSSR count). The second-order valence-electron chi connectivity index (χ2n) is 5.86. The highest BCUT2D eigenvalue weighted by Gasteiger charge is 2.24. The Bertz CT molecular complexity index is 962. The van der Waals surface area contributed by atoms with E-state index in [1.54, 1.807) is 6.20 Å². The fraction of sp³-hybridized carbons (Fsp3) is 0.235. The zero-order valence-corrected chi connectivity index (χ0v) is 13.9. The summed E-state index contributed by atoms with van der Waals surface area (Å²) >= 11 is 6.12. The Labute approximate surface area is 143 Å². The lowest BCUT2D eigenvalue weighted by atomic mass is 10.1. The van der Waals surface area contributed by atoms with E-state index in [1.807, 2.05) is 23.4 Å². The molecule has 1 aliphatic rings. The first-order valence-electron chi connectivity index (χ1n) is 7.74. The minimum atomic E-state index is -0.370. The number of nitrogens with zero attached hydrogens (tertiary/aromatic N) is 4. The van der Waals surface area contributed by atoms with Crippen LogP contribution in [0.5, 0.6) is 0 Å². The average Bonchev–Trinajstić information content (AvgIpc) is 3.01. The first-order chi connectivity index (χ1) is 11.6. The highest BCUT2D eigenvalue weighted by Crippen LogP contribution is 2.28. The van der Waals surface area contributed by atoms with Crippen LogP contribution in [-0.4, -0.2) is 26.3 Å². The Morgan fingerprint density at radius 2 is 2.08 bits per heavy atom. The van der Waals surface area contributed by atoms with Crippen molar-refractivity contribution < 1.29 is 0 Å². The minimum absolute atomic E-state index is 0.173. The highest BCUT2D eigenvalue weighted by atomic mass is 35.5. The number of aryl methyl sites for hydroxylation is 1. The Kier molecular flexibility index (Phi) is 3.61. The molecule has 0 saturated carbocycles. The van der Waals surface area contributed by atoms with Crippen LogP contribution in [0.1, 0.15) is 17.0 Å². The lowest BCUT2D eigenvalue weighted by molar-refractivity contribution is 0.694. The number of anilines is 1. The molecule has 0 radical (unpaired) electrons. The Balaban J connectivity index is 1.70. The summed E-state index contributed by atoms with van der Waals surface area (Å²) in [5, 5.41) is 6.37. The second kappa shape index (κ2) is 5.79. The van der Waals surface area contributed by atoms with Gasteiger partial charge in [-0.05, 0) is 18.6 Å². The minimum Gasteiger partial charge on any atom is -0.362 e. The fourth-order valence-corrected chi connectivity index (χ4v) is 3.36. The summed E-state index contributed by atoms with van der Waals surface area (Å²) in [4.78, 5) is 18.3. The molecule has 6 nitrogen and oxygen atoms in total. The van der Waals surface area contributed by atoms with Crippen LogP contribution in [0.2, 0.25) is 5.02 Å². The molecule has 0 amide bonds. The number of aromatic amines is 1. The van der Waals surface area contributed by atoms with Gasteiger partial charge in [-0.1, -0.05) is 29.8 Å². The number of fused-ring (bicyclic) bond motifs is 1. The van der Waals surface area contributed by atoms with Crippen LogP contribution in [-0.2, 0) is 13.0 Å². The van der Waals surface area contributed by atoms with E-state index < -0.39 is 0 Å². The van der Waals surface area contributed by atoms with Gasteiger partial charge in [0.25, 0.3) is 5.56 Å². The standard InChI is InChI=1S/C17H16ClN5O/c1-11-4-2-3-5-13(11)23-10-19-12-9-22(7-6-14(12)23)15-8-20-21-17(24)16(15)18/h2-5,8,10H,6-7,9H2,1H3,(H,21,24). The summed E-state index contributed by atoms with van der Waals surface area (Å²) < 4.78 is 2.15. The van der Waals surface area contributed by atoms with Gasteiger partial charge in [0.1, 0.15) is 5.02 Å². The lowest BCUT2D eigenvalue weighted by Crippen LogP contribution is -2.32. The van der Waals surface area contributed by atoms with Crippen molar-refractivity contribution in [3.8, 4) is 5.69 Å². The molecule has 122 valence electrons. The van der Waals surface area contributed by atoms with E-state index in [2.05, 4.69) is 38.8 Å². The van der Waals surface area contributed by atoms with Crippen molar-refractivity contribution in [2.45, 2.75) is 19.9 Å². The largest absolute Gasteiger partial charge is 0.362 e. The predicted molar refractivity (Wildman–Crippen MR) is 92.9 cm³/mol. The summed E-state index contributed by atoms with van der Waals surface area (Å²) in [5.41, 5.74) is 4.84. The van der Waals surface area contributed by atoms with Gasteiger partial charge >= 0.3 is 0 Å². The third-order valence-electron chi connectivity index (χ3n) is 4.40. The van der Waals surface area contributed by atoms with Gasteiger partial charge in [-0.2, -0.15) is 5.10 Å². The molecule has 1 N–H and O–H groups in total. The van der Waals surface area contributed by atoms with Gasteiger partial charge in [-0.25, -0.2) is 10.1 Å². The third-order valence-corrected chi connectivity index (χ3v) is 4.77. The number of nitrogens with one attached hydrogen (secondary N) is 1. The zero-order valence-electron chi connectivity index (χ0n) is 13.2. The SMILES string of the molecule is Cc1ccccc1-n1cnc2c1CCN(c1cn[nH]c(=O)c1Cl)C2. The van der Waals surface area contributed by atoms with Gasteiger partial charge in [0.05, 0.1) is 30.5 Å². The van der Waals surface area contributed by atoms with E-state index >= 15 is 0 Å². The molecule has 2 aromatic heterocycles. The number of hydrogen-bond donors (Lipinski definition) is 1. The molecular weight excluding hydrogens is 326 g/mol.